The first-order chi connectivity index (χ1) is 5.20. The van der Waals surface area contributed by atoms with Crippen LogP contribution in [0.1, 0.15) is 20.3 Å². The predicted octanol–water partition coefficient (Wildman–Crippen LogP) is 1.61. The average molecular weight is 155 g/mol. The van der Waals surface area contributed by atoms with Crippen LogP contribution in [0.5, 0.6) is 0 Å². The van der Waals surface area contributed by atoms with Crippen molar-refractivity contribution < 1.29 is 4.48 Å². The van der Waals surface area contributed by atoms with Crippen LogP contribution in [0.15, 0.2) is 12.4 Å². The van der Waals surface area contributed by atoms with E-state index in [0.717, 1.165) is 11.2 Å². The fourth-order valence-electron chi connectivity index (χ4n) is 1.40. The highest BCUT2D eigenvalue weighted by atomic mass is 15.5. The summed E-state index contributed by atoms with van der Waals surface area (Å²) in [4.78, 5) is 2.39. The van der Waals surface area contributed by atoms with Crippen molar-refractivity contribution in [3.05, 3.63) is 12.4 Å². The molecule has 0 fully saturated rings. The first-order valence-corrected chi connectivity index (χ1v) is 4.48. The van der Waals surface area contributed by atoms with Gasteiger partial charge in [-0.3, -0.25) is 4.48 Å². The zero-order valence-corrected chi connectivity index (χ0v) is 7.88. The van der Waals surface area contributed by atoms with Gasteiger partial charge in [-0.2, -0.15) is 0 Å². The van der Waals surface area contributed by atoms with Gasteiger partial charge in [0, 0.05) is 6.54 Å². The van der Waals surface area contributed by atoms with Crippen LogP contribution in [-0.4, -0.2) is 36.2 Å². The van der Waals surface area contributed by atoms with E-state index < -0.39 is 0 Å². The monoisotopic (exact) mass is 155 g/mol. The van der Waals surface area contributed by atoms with E-state index in [1.165, 1.54) is 19.5 Å². The van der Waals surface area contributed by atoms with Crippen LogP contribution in [0.4, 0.5) is 0 Å². The van der Waals surface area contributed by atoms with E-state index in [0.29, 0.717) is 0 Å². The third kappa shape index (κ3) is 1.96. The Labute approximate surface area is 69.7 Å². The molecular weight excluding hydrogens is 136 g/mol. The Balaban J connectivity index is 2.42. The maximum atomic E-state index is 2.39. The predicted molar refractivity (Wildman–Crippen MR) is 47.7 cm³/mol. The van der Waals surface area contributed by atoms with E-state index >= 15 is 0 Å². The lowest BCUT2D eigenvalue weighted by molar-refractivity contribution is -0.859. The number of hydrogen-bond donors (Lipinski definition) is 0. The zero-order chi connectivity index (χ0) is 8.32. The summed E-state index contributed by atoms with van der Waals surface area (Å²) in [5, 5.41) is 0. The first-order valence-electron chi connectivity index (χ1n) is 4.48. The standard InChI is InChI=1S/C9H19N2/c1-4-6-10-7-8-11(3,5-2)9-10/h7-8H,4-6,9H2,1-3H3/q+1. The van der Waals surface area contributed by atoms with Gasteiger partial charge >= 0.3 is 0 Å². The first kappa shape index (κ1) is 8.60. The Morgan fingerprint density at radius 1 is 1.45 bits per heavy atom. The molecule has 0 spiro atoms. The van der Waals surface area contributed by atoms with E-state index in [4.69, 9.17) is 0 Å². The molecule has 0 radical (unpaired) electrons. The Morgan fingerprint density at radius 3 is 2.64 bits per heavy atom. The molecule has 1 unspecified atom stereocenters. The average Bonchev–Trinajstić information content (AvgIpc) is 2.35. The van der Waals surface area contributed by atoms with Gasteiger partial charge in [0.05, 0.1) is 19.8 Å². The summed E-state index contributed by atoms with van der Waals surface area (Å²) in [6, 6.07) is 0. The summed E-state index contributed by atoms with van der Waals surface area (Å²) in [5.41, 5.74) is 0. The highest BCUT2D eigenvalue weighted by molar-refractivity contribution is 4.80. The molecule has 1 heterocycles. The van der Waals surface area contributed by atoms with Crippen LogP contribution in [-0.2, 0) is 0 Å². The summed E-state index contributed by atoms with van der Waals surface area (Å²) < 4.78 is 1.07. The van der Waals surface area contributed by atoms with Gasteiger partial charge in [-0.15, -0.1) is 0 Å². The third-order valence-corrected chi connectivity index (χ3v) is 2.38. The van der Waals surface area contributed by atoms with Crippen LogP contribution in [0.2, 0.25) is 0 Å². The van der Waals surface area contributed by atoms with Crippen molar-refractivity contribution in [3.63, 3.8) is 0 Å². The molecule has 2 nitrogen and oxygen atoms in total. The number of nitrogens with zero attached hydrogens (tertiary/aromatic N) is 2. The molecular formula is C9H19N2+. The second kappa shape index (κ2) is 3.26. The van der Waals surface area contributed by atoms with Gasteiger partial charge in [0.1, 0.15) is 6.20 Å². The SMILES string of the molecule is CCCN1C=C[N+](C)(CC)C1. The summed E-state index contributed by atoms with van der Waals surface area (Å²) in [5.74, 6) is 0. The van der Waals surface area contributed by atoms with Crippen molar-refractivity contribution in [3.8, 4) is 0 Å². The minimum absolute atomic E-state index is 1.07. The summed E-state index contributed by atoms with van der Waals surface area (Å²) in [7, 11) is 2.27. The van der Waals surface area contributed by atoms with Gasteiger partial charge in [-0.1, -0.05) is 6.92 Å². The third-order valence-electron chi connectivity index (χ3n) is 2.38. The van der Waals surface area contributed by atoms with Gasteiger partial charge in [-0.05, 0) is 13.3 Å². The van der Waals surface area contributed by atoms with Crippen LogP contribution in [0, 0.1) is 0 Å². The maximum absolute atomic E-state index is 2.39. The van der Waals surface area contributed by atoms with Crippen molar-refractivity contribution in [2.45, 2.75) is 20.3 Å². The summed E-state index contributed by atoms with van der Waals surface area (Å²) in [6.07, 6.45) is 5.76. The Hall–Kier alpha value is -0.500. The van der Waals surface area contributed by atoms with Crippen molar-refractivity contribution in [2.75, 3.05) is 26.8 Å². The van der Waals surface area contributed by atoms with Crippen molar-refractivity contribution >= 4 is 0 Å². The fourth-order valence-corrected chi connectivity index (χ4v) is 1.40. The Bertz CT molecular complexity index is 154. The quantitative estimate of drug-likeness (QED) is 0.560. The highest BCUT2D eigenvalue weighted by Crippen LogP contribution is 2.14. The minimum Gasteiger partial charge on any atom is -0.326 e. The van der Waals surface area contributed by atoms with E-state index in [2.05, 4.69) is 38.2 Å². The van der Waals surface area contributed by atoms with Crippen LogP contribution in [0.25, 0.3) is 0 Å². The molecule has 1 aliphatic rings. The Morgan fingerprint density at radius 2 is 2.18 bits per heavy atom. The molecule has 64 valence electrons. The number of hydrogen-bond acceptors (Lipinski definition) is 1. The van der Waals surface area contributed by atoms with Crippen molar-refractivity contribution in [1.82, 2.24) is 4.90 Å². The molecule has 0 aliphatic carbocycles. The molecule has 1 atom stereocenters. The maximum Gasteiger partial charge on any atom is 0.158 e. The van der Waals surface area contributed by atoms with Gasteiger partial charge < -0.3 is 4.90 Å². The molecule has 1 rings (SSSR count). The smallest absolute Gasteiger partial charge is 0.158 e. The summed E-state index contributed by atoms with van der Waals surface area (Å²) in [6.45, 7) is 8.01. The van der Waals surface area contributed by atoms with Crippen molar-refractivity contribution in [1.29, 1.82) is 0 Å². The molecule has 0 bridgehead atoms. The molecule has 0 aromatic rings. The molecule has 0 N–H and O–H groups in total. The molecule has 0 aromatic heterocycles. The lowest BCUT2D eigenvalue weighted by Gasteiger charge is -2.26. The van der Waals surface area contributed by atoms with Gasteiger partial charge in [0.2, 0.25) is 0 Å². The molecule has 0 aromatic carbocycles. The Kier molecular flexibility index (Phi) is 2.55. The minimum atomic E-state index is 1.07. The highest BCUT2D eigenvalue weighted by Gasteiger charge is 2.24. The largest absolute Gasteiger partial charge is 0.326 e. The van der Waals surface area contributed by atoms with Gasteiger partial charge in [0.25, 0.3) is 0 Å². The van der Waals surface area contributed by atoms with Crippen LogP contribution >= 0.6 is 0 Å². The molecule has 11 heavy (non-hydrogen) atoms. The lowest BCUT2D eigenvalue weighted by Crippen LogP contribution is -2.40. The zero-order valence-electron chi connectivity index (χ0n) is 7.88. The second-order valence-electron chi connectivity index (χ2n) is 3.55. The molecule has 2 heteroatoms. The second-order valence-corrected chi connectivity index (χ2v) is 3.55. The normalized spacial score (nSPS) is 29.9. The van der Waals surface area contributed by atoms with E-state index in [-0.39, 0.29) is 0 Å². The molecule has 0 saturated heterocycles. The van der Waals surface area contributed by atoms with Crippen LogP contribution < -0.4 is 0 Å². The van der Waals surface area contributed by atoms with Crippen molar-refractivity contribution in [2.24, 2.45) is 0 Å². The summed E-state index contributed by atoms with van der Waals surface area (Å²) >= 11 is 0. The van der Waals surface area contributed by atoms with E-state index in [9.17, 15) is 0 Å². The lowest BCUT2D eigenvalue weighted by atomic mass is 10.4. The van der Waals surface area contributed by atoms with E-state index in [1.807, 2.05) is 0 Å². The number of rotatable bonds is 3. The number of quaternary nitrogens is 1. The topological polar surface area (TPSA) is 3.24 Å². The van der Waals surface area contributed by atoms with E-state index in [1.54, 1.807) is 0 Å². The van der Waals surface area contributed by atoms with Gasteiger partial charge in [0.15, 0.2) is 6.67 Å². The van der Waals surface area contributed by atoms with Crippen LogP contribution in [0.3, 0.4) is 0 Å². The molecule has 0 saturated carbocycles. The molecule has 1 aliphatic heterocycles. The van der Waals surface area contributed by atoms with Gasteiger partial charge in [-0.25, -0.2) is 0 Å². The molecule has 0 amide bonds. The fraction of sp³-hybridized carbons (Fsp3) is 0.778.